The van der Waals surface area contributed by atoms with E-state index in [-0.39, 0.29) is 6.17 Å². The Morgan fingerprint density at radius 3 is 2.47 bits per heavy atom. The zero-order chi connectivity index (χ0) is 20.2. The van der Waals surface area contributed by atoms with E-state index in [4.69, 9.17) is 9.98 Å². The maximum Gasteiger partial charge on any atom is 0.217 e. The summed E-state index contributed by atoms with van der Waals surface area (Å²) < 4.78 is 4.26. The minimum Gasteiger partial charge on any atom is -0.331 e. The molecular weight excluding hydrogens is 378 g/mol. The highest BCUT2D eigenvalue weighted by Crippen LogP contribution is 2.33. The number of nitrogens with zero attached hydrogens (tertiary/aromatic N) is 8. The van der Waals surface area contributed by atoms with Crippen LogP contribution in [0.15, 0.2) is 59.6 Å². The summed E-state index contributed by atoms with van der Waals surface area (Å²) >= 11 is 0. The van der Waals surface area contributed by atoms with Gasteiger partial charge in [0.15, 0.2) is 0 Å². The summed E-state index contributed by atoms with van der Waals surface area (Å²) in [7, 11) is 0. The fourth-order valence-corrected chi connectivity index (χ4v) is 4.32. The highest BCUT2D eigenvalue weighted by Gasteiger charge is 2.36. The van der Waals surface area contributed by atoms with E-state index in [2.05, 4.69) is 72.5 Å². The molecular formula is C21H21N9. The molecule has 2 aromatic carbocycles. The average molecular weight is 399 g/mol. The first-order valence-electron chi connectivity index (χ1n) is 9.95. The quantitative estimate of drug-likeness (QED) is 0.556. The van der Waals surface area contributed by atoms with Crippen molar-refractivity contribution >= 4 is 22.9 Å². The van der Waals surface area contributed by atoms with Gasteiger partial charge in [-0.1, -0.05) is 42.5 Å². The summed E-state index contributed by atoms with van der Waals surface area (Å²) in [6, 6.07) is 18.6. The van der Waals surface area contributed by atoms with Gasteiger partial charge in [-0.05, 0) is 31.5 Å². The fourth-order valence-electron chi connectivity index (χ4n) is 4.32. The monoisotopic (exact) mass is 399 g/mol. The first kappa shape index (κ1) is 17.0. The molecule has 4 heterocycles. The Labute approximate surface area is 173 Å². The van der Waals surface area contributed by atoms with Crippen molar-refractivity contribution in [3.8, 4) is 0 Å². The number of aliphatic imine (C=N–C) groups is 1. The maximum atomic E-state index is 4.97. The van der Waals surface area contributed by atoms with Gasteiger partial charge in [-0.3, -0.25) is 14.5 Å². The highest BCUT2D eigenvalue weighted by atomic mass is 15.7. The number of aryl methyl sites for hydroxylation is 2. The van der Waals surface area contributed by atoms with Crippen molar-refractivity contribution in [2.75, 3.05) is 23.2 Å². The molecule has 0 saturated carbocycles. The molecule has 0 spiro atoms. The minimum absolute atomic E-state index is 0.0754. The van der Waals surface area contributed by atoms with Gasteiger partial charge in [-0.15, -0.1) is 10.2 Å². The Morgan fingerprint density at radius 1 is 0.933 bits per heavy atom. The van der Waals surface area contributed by atoms with Gasteiger partial charge in [0.05, 0.1) is 11.0 Å². The Balaban J connectivity index is 1.50. The lowest BCUT2D eigenvalue weighted by Gasteiger charge is -2.42. The number of anilines is 1. The van der Waals surface area contributed by atoms with Gasteiger partial charge < -0.3 is 5.32 Å². The molecule has 9 heteroatoms. The molecule has 0 bridgehead atoms. The van der Waals surface area contributed by atoms with Crippen LogP contribution in [-0.4, -0.2) is 43.7 Å². The molecule has 0 fully saturated rings. The van der Waals surface area contributed by atoms with E-state index < -0.39 is 0 Å². The lowest BCUT2D eigenvalue weighted by Crippen LogP contribution is -2.59. The summed E-state index contributed by atoms with van der Waals surface area (Å²) in [5.74, 6) is 3.38. The third-order valence-corrected chi connectivity index (χ3v) is 5.64. The lowest BCUT2D eigenvalue weighted by molar-refractivity contribution is 0.488. The molecule has 1 unspecified atom stereocenters. The topological polar surface area (TPSA) is 79.4 Å². The predicted octanol–water partition coefficient (Wildman–Crippen LogP) is 2.12. The molecule has 4 aromatic rings. The maximum absolute atomic E-state index is 4.97. The van der Waals surface area contributed by atoms with Crippen LogP contribution in [-0.2, 0) is 0 Å². The van der Waals surface area contributed by atoms with Crippen LogP contribution in [0.3, 0.4) is 0 Å². The Hall–Kier alpha value is -3.88. The predicted molar refractivity (Wildman–Crippen MR) is 115 cm³/mol. The minimum atomic E-state index is -0.0754. The van der Waals surface area contributed by atoms with Gasteiger partial charge in [0.2, 0.25) is 11.9 Å². The third kappa shape index (κ3) is 2.41. The number of aromatic nitrogens is 5. The number of nitrogens with one attached hydrogen (secondary N) is 1. The molecule has 9 nitrogen and oxygen atoms in total. The highest BCUT2D eigenvalue weighted by molar-refractivity contribution is 5.99. The van der Waals surface area contributed by atoms with Crippen molar-refractivity contribution in [2.45, 2.75) is 20.0 Å². The molecule has 6 rings (SSSR count). The second-order valence-corrected chi connectivity index (χ2v) is 7.53. The molecule has 0 aliphatic carbocycles. The summed E-state index contributed by atoms with van der Waals surface area (Å²) in [6.07, 6.45) is -0.0754. The molecule has 0 amide bonds. The molecule has 2 aromatic heterocycles. The smallest absolute Gasteiger partial charge is 0.217 e. The van der Waals surface area contributed by atoms with E-state index in [1.54, 1.807) is 0 Å². The second kappa shape index (κ2) is 6.31. The Morgan fingerprint density at radius 2 is 1.67 bits per heavy atom. The van der Waals surface area contributed by atoms with Gasteiger partial charge in [-0.25, -0.2) is 14.7 Å². The Bertz CT molecular complexity index is 1250. The van der Waals surface area contributed by atoms with Crippen LogP contribution in [0.5, 0.6) is 0 Å². The van der Waals surface area contributed by atoms with Crippen LogP contribution in [0.1, 0.15) is 23.4 Å². The summed E-state index contributed by atoms with van der Waals surface area (Å²) in [5.41, 5.74) is 3.21. The zero-order valence-corrected chi connectivity index (χ0v) is 16.8. The van der Waals surface area contributed by atoms with Crippen molar-refractivity contribution in [3.05, 3.63) is 71.8 Å². The second-order valence-electron chi connectivity index (χ2n) is 7.53. The number of guanidine groups is 1. The van der Waals surface area contributed by atoms with Crippen LogP contribution < -0.4 is 15.2 Å². The number of fused-ring (bicyclic) bond motifs is 5. The molecule has 150 valence electrons. The van der Waals surface area contributed by atoms with Crippen LogP contribution in [0, 0.1) is 13.8 Å². The summed E-state index contributed by atoms with van der Waals surface area (Å²) in [4.78, 5) is 11.9. The average Bonchev–Trinajstić information content (AvgIpc) is 3.33. The Kier molecular flexibility index (Phi) is 3.58. The number of imidazole rings is 1. The van der Waals surface area contributed by atoms with Crippen molar-refractivity contribution in [1.82, 2.24) is 29.7 Å². The van der Waals surface area contributed by atoms with Gasteiger partial charge >= 0.3 is 0 Å². The van der Waals surface area contributed by atoms with E-state index >= 15 is 0 Å². The van der Waals surface area contributed by atoms with Crippen molar-refractivity contribution in [3.63, 3.8) is 0 Å². The number of hydrogen-bond donors (Lipinski definition) is 1. The van der Waals surface area contributed by atoms with Crippen LogP contribution in [0.4, 0.5) is 5.95 Å². The SMILES string of the molecule is Cc1nnc(C)n1N1CN=C2NC(c3ccccc3)n3c(nc4ccccc43)N2C1. The molecule has 1 atom stereocenters. The third-order valence-electron chi connectivity index (χ3n) is 5.64. The summed E-state index contributed by atoms with van der Waals surface area (Å²) in [6.45, 7) is 5.01. The number of para-hydroxylation sites is 2. The number of hydrogen-bond acceptors (Lipinski definition) is 7. The number of rotatable bonds is 2. The standard InChI is InChI=1S/C21H21N9/c1-14-25-26-15(2)30(14)27-12-22-20-24-19(16-8-4-3-5-9-16)29-18-11-7-6-10-17(18)23-21(29)28(20)13-27/h3-11,19H,12-13H2,1-2H3,(H,22,24). The van der Waals surface area contributed by atoms with Crippen molar-refractivity contribution < 1.29 is 0 Å². The molecule has 0 radical (unpaired) electrons. The lowest BCUT2D eigenvalue weighted by atomic mass is 10.1. The van der Waals surface area contributed by atoms with Gasteiger partial charge in [-0.2, -0.15) is 0 Å². The molecule has 30 heavy (non-hydrogen) atoms. The van der Waals surface area contributed by atoms with Gasteiger partial charge in [0.1, 0.15) is 31.2 Å². The van der Waals surface area contributed by atoms with E-state index in [9.17, 15) is 0 Å². The van der Waals surface area contributed by atoms with Gasteiger partial charge in [0, 0.05) is 0 Å². The zero-order valence-electron chi connectivity index (χ0n) is 16.8. The van der Waals surface area contributed by atoms with E-state index in [0.717, 1.165) is 40.2 Å². The summed E-state index contributed by atoms with van der Waals surface area (Å²) in [5, 5.41) is 14.1. The molecule has 1 N–H and O–H groups in total. The van der Waals surface area contributed by atoms with Crippen LogP contribution in [0.2, 0.25) is 0 Å². The van der Waals surface area contributed by atoms with Gasteiger partial charge in [0.25, 0.3) is 0 Å². The fraction of sp³-hybridized carbons (Fsp3) is 0.238. The molecule has 0 saturated heterocycles. The van der Waals surface area contributed by atoms with Crippen LogP contribution >= 0.6 is 0 Å². The van der Waals surface area contributed by atoms with Crippen molar-refractivity contribution in [2.24, 2.45) is 4.99 Å². The van der Waals surface area contributed by atoms with E-state index in [1.165, 1.54) is 0 Å². The van der Waals surface area contributed by atoms with E-state index in [1.807, 2.05) is 30.7 Å². The van der Waals surface area contributed by atoms with E-state index in [0.29, 0.717) is 13.3 Å². The van der Waals surface area contributed by atoms with Crippen molar-refractivity contribution in [1.29, 1.82) is 0 Å². The first-order chi connectivity index (χ1) is 14.7. The first-order valence-corrected chi connectivity index (χ1v) is 9.95. The molecule has 2 aliphatic heterocycles. The normalized spacial score (nSPS) is 18.1. The number of benzene rings is 2. The van der Waals surface area contributed by atoms with Crippen LogP contribution in [0.25, 0.3) is 11.0 Å². The molecule has 2 aliphatic rings. The largest absolute Gasteiger partial charge is 0.331 e.